The van der Waals surface area contributed by atoms with Crippen LogP contribution in [0.4, 0.5) is 11.4 Å². The molecule has 1 fully saturated rings. The lowest BCUT2D eigenvalue weighted by Crippen LogP contribution is -2.32. The molecule has 1 heterocycles. The number of anilines is 2. The third-order valence-electron chi connectivity index (χ3n) is 4.53. The number of halogens is 2. The van der Waals surface area contributed by atoms with E-state index in [2.05, 4.69) is 15.5 Å². The second-order valence-electron chi connectivity index (χ2n) is 6.61. The molecule has 142 valence electrons. The number of nitrogens with one attached hydrogen (secondary N) is 2. The second-order valence-corrected chi connectivity index (χ2v) is 7.42. The van der Waals surface area contributed by atoms with Crippen molar-refractivity contribution < 1.29 is 9.59 Å². The zero-order valence-electron chi connectivity index (χ0n) is 15.0. The summed E-state index contributed by atoms with van der Waals surface area (Å²) in [5, 5.41) is 6.66. The summed E-state index contributed by atoms with van der Waals surface area (Å²) in [6.07, 6.45) is 2.01. The maximum atomic E-state index is 12.5. The van der Waals surface area contributed by atoms with E-state index in [1.54, 1.807) is 30.3 Å². The molecule has 0 saturated carbocycles. The van der Waals surface area contributed by atoms with Crippen molar-refractivity contribution in [1.82, 2.24) is 4.90 Å². The highest BCUT2D eigenvalue weighted by atomic mass is 35.5. The Balaban J connectivity index is 1.61. The van der Waals surface area contributed by atoms with Crippen LogP contribution >= 0.6 is 23.2 Å². The molecule has 0 radical (unpaired) electrons. The van der Waals surface area contributed by atoms with Gasteiger partial charge in [-0.1, -0.05) is 29.3 Å². The normalized spacial score (nSPS) is 16.9. The first-order valence-corrected chi connectivity index (χ1v) is 9.54. The molecule has 0 spiro atoms. The molecule has 1 unspecified atom stereocenters. The van der Waals surface area contributed by atoms with Crippen molar-refractivity contribution in [3.05, 3.63) is 58.1 Å². The van der Waals surface area contributed by atoms with Crippen molar-refractivity contribution in [1.29, 1.82) is 0 Å². The number of rotatable bonds is 5. The molecule has 0 bridgehead atoms. The van der Waals surface area contributed by atoms with E-state index in [0.29, 0.717) is 28.0 Å². The van der Waals surface area contributed by atoms with Crippen LogP contribution in [-0.4, -0.2) is 29.8 Å². The molecule has 2 aromatic carbocycles. The van der Waals surface area contributed by atoms with Gasteiger partial charge in [0.15, 0.2) is 0 Å². The van der Waals surface area contributed by atoms with Crippen LogP contribution in [-0.2, 0) is 9.59 Å². The second kappa shape index (κ2) is 8.74. The monoisotopic (exact) mass is 405 g/mol. The molecule has 3 rings (SSSR count). The Kier molecular flexibility index (Phi) is 6.37. The van der Waals surface area contributed by atoms with Crippen LogP contribution in [0.15, 0.2) is 42.5 Å². The van der Waals surface area contributed by atoms with Crippen molar-refractivity contribution in [2.45, 2.75) is 25.8 Å². The minimum atomic E-state index is -0.130. The first kappa shape index (κ1) is 19.7. The van der Waals surface area contributed by atoms with Gasteiger partial charge in [0.25, 0.3) is 0 Å². The Labute approximate surface area is 168 Å². The zero-order chi connectivity index (χ0) is 19.4. The number of carbonyl (C=O) groups excluding carboxylic acids is 2. The molecule has 27 heavy (non-hydrogen) atoms. The van der Waals surface area contributed by atoms with E-state index in [9.17, 15) is 9.59 Å². The molecule has 2 N–H and O–H groups in total. The summed E-state index contributed by atoms with van der Waals surface area (Å²) in [5.74, 6) is -0.205. The minimum Gasteiger partial charge on any atom is -0.326 e. The number of carbonyl (C=O) groups is 2. The molecule has 0 aromatic heterocycles. The van der Waals surface area contributed by atoms with Crippen molar-refractivity contribution in [2.75, 3.05) is 23.7 Å². The Bertz CT molecular complexity index is 840. The summed E-state index contributed by atoms with van der Waals surface area (Å²) in [5.41, 5.74) is 2.47. The highest BCUT2D eigenvalue weighted by Gasteiger charge is 2.27. The summed E-state index contributed by atoms with van der Waals surface area (Å²) in [6.45, 7) is 2.62. The SMILES string of the molecule is CC(=O)Nc1ccc(NC(=O)CN2CCCC2c2ccc(Cl)c(Cl)c2)cc1. The highest BCUT2D eigenvalue weighted by molar-refractivity contribution is 6.42. The summed E-state index contributed by atoms with van der Waals surface area (Å²) in [4.78, 5) is 25.7. The Hall–Kier alpha value is -2.08. The van der Waals surface area contributed by atoms with Crippen molar-refractivity contribution in [3.8, 4) is 0 Å². The van der Waals surface area contributed by atoms with Gasteiger partial charge in [-0.2, -0.15) is 0 Å². The van der Waals surface area contributed by atoms with Crippen molar-refractivity contribution in [3.63, 3.8) is 0 Å². The largest absolute Gasteiger partial charge is 0.326 e. The third kappa shape index (κ3) is 5.22. The van der Waals surface area contributed by atoms with E-state index in [1.807, 2.05) is 12.1 Å². The van der Waals surface area contributed by atoms with Gasteiger partial charge in [-0.25, -0.2) is 0 Å². The van der Waals surface area contributed by atoms with Gasteiger partial charge in [0.1, 0.15) is 0 Å². The molecule has 2 amide bonds. The van der Waals surface area contributed by atoms with Crippen molar-refractivity contribution >= 4 is 46.4 Å². The molecule has 7 heteroatoms. The van der Waals surface area contributed by atoms with Gasteiger partial charge in [0, 0.05) is 24.3 Å². The first-order chi connectivity index (χ1) is 12.9. The smallest absolute Gasteiger partial charge is 0.238 e. The van der Waals surface area contributed by atoms with E-state index >= 15 is 0 Å². The Morgan fingerprint density at radius 2 is 1.70 bits per heavy atom. The predicted octanol–water partition coefficient (Wildman–Crippen LogP) is 4.73. The average Bonchev–Trinajstić information content (AvgIpc) is 3.06. The maximum Gasteiger partial charge on any atom is 0.238 e. The third-order valence-corrected chi connectivity index (χ3v) is 5.27. The fourth-order valence-corrected chi connectivity index (χ4v) is 3.64. The number of amides is 2. The van der Waals surface area contributed by atoms with Gasteiger partial charge >= 0.3 is 0 Å². The van der Waals surface area contributed by atoms with Crippen LogP contribution < -0.4 is 10.6 Å². The van der Waals surface area contributed by atoms with Crippen LogP contribution in [0.25, 0.3) is 0 Å². The molecule has 1 atom stereocenters. The van der Waals surface area contributed by atoms with Crippen LogP contribution in [0.3, 0.4) is 0 Å². The van der Waals surface area contributed by atoms with E-state index in [-0.39, 0.29) is 17.9 Å². The predicted molar refractivity (Wildman–Crippen MR) is 109 cm³/mol. The summed E-state index contributed by atoms with van der Waals surface area (Å²) in [6, 6.07) is 12.9. The van der Waals surface area contributed by atoms with Crippen LogP contribution in [0, 0.1) is 0 Å². The number of nitrogens with zero attached hydrogens (tertiary/aromatic N) is 1. The van der Waals surface area contributed by atoms with E-state index in [0.717, 1.165) is 24.9 Å². The van der Waals surface area contributed by atoms with Gasteiger partial charge in [-0.3, -0.25) is 14.5 Å². The molecular weight excluding hydrogens is 385 g/mol. The van der Waals surface area contributed by atoms with Crippen molar-refractivity contribution in [2.24, 2.45) is 0 Å². The molecule has 1 saturated heterocycles. The number of likely N-dealkylation sites (tertiary alicyclic amines) is 1. The van der Waals surface area contributed by atoms with E-state index in [1.165, 1.54) is 6.92 Å². The molecule has 1 aliphatic rings. The number of hydrogen-bond donors (Lipinski definition) is 2. The quantitative estimate of drug-likeness (QED) is 0.755. The van der Waals surface area contributed by atoms with Crippen LogP contribution in [0.1, 0.15) is 31.4 Å². The van der Waals surface area contributed by atoms with Gasteiger partial charge in [-0.05, 0) is 61.3 Å². The zero-order valence-corrected chi connectivity index (χ0v) is 16.5. The molecule has 1 aliphatic heterocycles. The highest BCUT2D eigenvalue weighted by Crippen LogP contribution is 2.34. The lowest BCUT2D eigenvalue weighted by Gasteiger charge is -2.24. The summed E-state index contributed by atoms with van der Waals surface area (Å²) in [7, 11) is 0. The average molecular weight is 406 g/mol. The maximum absolute atomic E-state index is 12.5. The Morgan fingerprint density at radius 3 is 2.33 bits per heavy atom. The van der Waals surface area contributed by atoms with Crippen LogP contribution in [0.5, 0.6) is 0 Å². The van der Waals surface area contributed by atoms with E-state index in [4.69, 9.17) is 23.2 Å². The molecular formula is C20H21Cl2N3O2. The minimum absolute atomic E-state index is 0.0748. The lowest BCUT2D eigenvalue weighted by molar-refractivity contribution is -0.117. The van der Waals surface area contributed by atoms with Gasteiger partial charge in [0.2, 0.25) is 11.8 Å². The topological polar surface area (TPSA) is 61.4 Å². The standard InChI is InChI=1S/C20H21Cl2N3O2/c1-13(26)23-15-5-7-16(8-6-15)24-20(27)12-25-10-2-3-19(25)14-4-9-17(21)18(22)11-14/h4-9,11,19H,2-3,10,12H2,1H3,(H,23,26)(H,24,27). The molecule has 2 aromatic rings. The number of hydrogen-bond acceptors (Lipinski definition) is 3. The van der Waals surface area contributed by atoms with Gasteiger partial charge in [0.05, 0.1) is 16.6 Å². The van der Waals surface area contributed by atoms with Crippen LogP contribution in [0.2, 0.25) is 10.0 Å². The summed E-state index contributed by atoms with van der Waals surface area (Å²) >= 11 is 12.1. The summed E-state index contributed by atoms with van der Waals surface area (Å²) < 4.78 is 0. The fourth-order valence-electron chi connectivity index (χ4n) is 3.34. The number of benzene rings is 2. The molecule has 0 aliphatic carbocycles. The Morgan fingerprint density at radius 1 is 1.04 bits per heavy atom. The first-order valence-electron chi connectivity index (χ1n) is 8.79. The van der Waals surface area contributed by atoms with Gasteiger partial charge < -0.3 is 10.6 Å². The van der Waals surface area contributed by atoms with Gasteiger partial charge in [-0.15, -0.1) is 0 Å². The lowest BCUT2D eigenvalue weighted by atomic mass is 10.0. The molecule has 5 nitrogen and oxygen atoms in total. The van der Waals surface area contributed by atoms with E-state index < -0.39 is 0 Å². The fraction of sp³-hybridized carbons (Fsp3) is 0.300.